The summed E-state index contributed by atoms with van der Waals surface area (Å²) in [5.74, 6) is 0.565. The zero-order valence-electron chi connectivity index (χ0n) is 12.5. The number of guanidine groups is 1. The van der Waals surface area contributed by atoms with Gasteiger partial charge in [-0.05, 0) is 34.1 Å². The Morgan fingerprint density at radius 1 is 1.42 bits per heavy atom. The van der Waals surface area contributed by atoms with E-state index in [1.165, 1.54) is 6.33 Å². The van der Waals surface area contributed by atoms with Crippen LogP contribution in [0.3, 0.4) is 0 Å². The lowest BCUT2D eigenvalue weighted by Crippen LogP contribution is -2.37. The van der Waals surface area contributed by atoms with Crippen LogP contribution in [0.2, 0.25) is 0 Å². The maximum Gasteiger partial charge on any atom is 0.199 e. The summed E-state index contributed by atoms with van der Waals surface area (Å²) in [6.45, 7) is 1.14. The summed E-state index contributed by atoms with van der Waals surface area (Å²) in [5.41, 5.74) is 1.67. The van der Waals surface area contributed by atoms with Gasteiger partial charge in [0.05, 0.1) is 24.5 Å². The highest BCUT2D eigenvalue weighted by atomic mass is 79.9. The van der Waals surface area contributed by atoms with E-state index in [-0.39, 0.29) is 0 Å². The molecule has 1 aliphatic heterocycles. The van der Waals surface area contributed by atoms with Crippen molar-refractivity contribution < 1.29 is 0 Å². The maximum atomic E-state index is 9.49. The van der Waals surface area contributed by atoms with Gasteiger partial charge in [-0.2, -0.15) is 10.4 Å². The smallest absolute Gasteiger partial charge is 0.199 e. The predicted octanol–water partition coefficient (Wildman–Crippen LogP) is 1.43. The van der Waals surface area contributed by atoms with E-state index >= 15 is 0 Å². The number of halogens is 1. The van der Waals surface area contributed by atoms with E-state index in [1.807, 2.05) is 12.1 Å². The van der Waals surface area contributed by atoms with Gasteiger partial charge >= 0.3 is 0 Å². The van der Waals surface area contributed by atoms with Crippen molar-refractivity contribution in [2.75, 3.05) is 6.54 Å². The number of hydrogen-bond acceptors (Lipinski definition) is 5. The first-order valence-corrected chi connectivity index (χ1v) is 7.90. The first-order valence-electron chi connectivity index (χ1n) is 7.10. The summed E-state index contributed by atoms with van der Waals surface area (Å²) in [6.07, 6.45) is 6.63. The minimum absolute atomic E-state index is 0.443. The van der Waals surface area contributed by atoms with Crippen LogP contribution in [0, 0.1) is 11.3 Å². The monoisotopic (exact) mass is 384 g/mol. The van der Waals surface area contributed by atoms with Gasteiger partial charge in [0.1, 0.15) is 28.9 Å². The molecule has 0 amide bonds. The zero-order valence-corrected chi connectivity index (χ0v) is 14.1. The van der Waals surface area contributed by atoms with Crippen LogP contribution in [-0.4, -0.2) is 32.3 Å². The van der Waals surface area contributed by atoms with E-state index in [4.69, 9.17) is 0 Å². The minimum atomic E-state index is 0.443. The van der Waals surface area contributed by atoms with Crippen molar-refractivity contribution in [1.29, 1.82) is 5.26 Å². The van der Waals surface area contributed by atoms with Gasteiger partial charge in [0.15, 0.2) is 5.96 Å². The fraction of sp³-hybridized carbons (Fsp3) is 0.133. The third-order valence-electron chi connectivity index (χ3n) is 3.14. The Morgan fingerprint density at radius 3 is 3.08 bits per heavy atom. The van der Waals surface area contributed by atoms with Crippen LogP contribution < -0.4 is 10.6 Å². The van der Waals surface area contributed by atoms with Crippen LogP contribution in [0.1, 0.15) is 5.69 Å². The summed E-state index contributed by atoms with van der Waals surface area (Å²) in [6, 6.07) is 7.63. The zero-order chi connectivity index (χ0) is 16.8. The Morgan fingerprint density at radius 2 is 2.33 bits per heavy atom. The molecule has 3 heterocycles. The summed E-state index contributed by atoms with van der Waals surface area (Å²) >= 11 is 3.32. The van der Waals surface area contributed by atoms with Crippen LogP contribution in [0.15, 0.2) is 58.4 Å². The quantitative estimate of drug-likeness (QED) is 0.610. The molecule has 0 unspecified atom stereocenters. The highest BCUT2D eigenvalue weighted by molar-refractivity contribution is 9.10. The molecular formula is C15H13BrN8. The van der Waals surface area contributed by atoms with Crippen LogP contribution in [-0.2, 0) is 6.54 Å². The number of pyridine rings is 1. The molecule has 120 valence electrons. The number of nitrogens with zero attached hydrogens (tertiary/aromatic N) is 6. The summed E-state index contributed by atoms with van der Waals surface area (Å²) in [5, 5.41) is 19.6. The fourth-order valence-electron chi connectivity index (χ4n) is 2.06. The molecule has 3 rings (SSSR count). The molecule has 24 heavy (non-hydrogen) atoms. The van der Waals surface area contributed by atoms with Crippen molar-refractivity contribution in [2.45, 2.75) is 6.54 Å². The molecular weight excluding hydrogens is 372 g/mol. The SMILES string of the molecule is N#CC(=C1C=CNC(=NCCn2cncn2)N1)c1cccc(Br)n1. The van der Waals surface area contributed by atoms with Crippen molar-refractivity contribution in [2.24, 2.45) is 4.99 Å². The normalized spacial score (nSPS) is 17.1. The van der Waals surface area contributed by atoms with Crippen LogP contribution in [0.5, 0.6) is 0 Å². The Bertz CT molecular complexity index is 845. The van der Waals surface area contributed by atoms with Gasteiger partial charge in [-0.25, -0.2) is 9.97 Å². The van der Waals surface area contributed by atoms with E-state index in [0.29, 0.717) is 40.6 Å². The molecule has 2 aromatic heterocycles. The molecule has 0 bridgehead atoms. The number of aromatic nitrogens is 4. The molecule has 1 aliphatic rings. The minimum Gasteiger partial charge on any atom is -0.333 e. The van der Waals surface area contributed by atoms with Crippen molar-refractivity contribution >= 4 is 27.5 Å². The Hall–Kier alpha value is -2.99. The summed E-state index contributed by atoms with van der Waals surface area (Å²) < 4.78 is 2.37. The van der Waals surface area contributed by atoms with E-state index < -0.39 is 0 Å². The molecule has 0 atom stereocenters. The lowest BCUT2D eigenvalue weighted by atomic mass is 10.1. The average molecular weight is 385 g/mol. The van der Waals surface area contributed by atoms with Crippen LogP contribution in [0.25, 0.3) is 5.57 Å². The molecule has 8 nitrogen and oxygen atoms in total. The standard InChI is InChI=1S/C15H13BrN8/c16-14-3-1-2-12(22-14)11(8-17)13-4-5-19-15(23-13)20-6-7-24-10-18-9-21-24/h1-5,9-10H,6-7H2,(H2,19,20,23). The lowest BCUT2D eigenvalue weighted by Gasteiger charge is -2.17. The van der Waals surface area contributed by atoms with Crippen molar-refractivity contribution in [3.8, 4) is 6.07 Å². The van der Waals surface area contributed by atoms with Gasteiger partial charge < -0.3 is 10.6 Å². The summed E-state index contributed by atoms with van der Waals surface area (Å²) in [7, 11) is 0. The topological polar surface area (TPSA) is 104 Å². The Labute approximate surface area is 146 Å². The number of nitriles is 1. The number of nitrogens with one attached hydrogen (secondary N) is 2. The molecule has 0 aliphatic carbocycles. The van der Waals surface area contributed by atoms with Crippen LogP contribution in [0.4, 0.5) is 0 Å². The van der Waals surface area contributed by atoms with Gasteiger partial charge in [-0.3, -0.25) is 9.67 Å². The van der Waals surface area contributed by atoms with Gasteiger partial charge in [0.2, 0.25) is 0 Å². The fourth-order valence-corrected chi connectivity index (χ4v) is 2.40. The van der Waals surface area contributed by atoms with E-state index in [1.54, 1.807) is 29.4 Å². The number of allylic oxidation sites excluding steroid dienone is 2. The third kappa shape index (κ3) is 3.85. The first kappa shape index (κ1) is 15.9. The Balaban J connectivity index is 1.77. The second-order valence-corrected chi connectivity index (χ2v) is 5.55. The molecule has 0 fully saturated rings. The van der Waals surface area contributed by atoms with E-state index in [0.717, 1.165) is 0 Å². The maximum absolute atomic E-state index is 9.49. The molecule has 0 aromatic carbocycles. The predicted molar refractivity (Wildman–Crippen MR) is 92.2 cm³/mol. The molecule has 0 radical (unpaired) electrons. The number of aliphatic imine (C=N–C) groups is 1. The molecule has 0 spiro atoms. The highest BCUT2D eigenvalue weighted by Gasteiger charge is 2.13. The largest absolute Gasteiger partial charge is 0.333 e. The first-order chi connectivity index (χ1) is 11.8. The van der Waals surface area contributed by atoms with Crippen molar-refractivity contribution in [1.82, 2.24) is 30.4 Å². The van der Waals surface area contributed by atoms with Crippen molar-refractivity contribution in [3.05, 3.63) is 59.1 Å². The van der Waals surface area contributed by atoms with E-state index in [2.05, 4.69) is 52.7 Å². The molecule has 2 N–H and O–H groups in total. The lowest BCUT2D eigenvalue weighted by molar-refractivity contribution is 0.622. The summed E-state index contributed by atoms with van der Waals surface area (Å²) in [4.78, 5) is 12.6. The molecule has 2 aromatic rings. The molecule has 0 saturated heterocycles. The Kier molecular flexibility index (Phi) is 4.98. The van der Waals surface area contributed by atoms with Gasteiger partial charge in [0, 0.05) is 6.20 Å². The molecule has 9 heteroatoms. The third-order valence-corrected chi connectivity index (χ3v) is 3.58. The van der Waals surface area contributed by atoms with E-state index in [9.17, 15) is 5.26 Å². The number of rotatable bonds is 4. The highest BCUT2D eigenvalue weighted by Crippen LogP contribution is 2.18. The number of hydrogen-bond donors (Lipinski definition) is 2. The van der Waals surface area contributed by atoms with Crippen molar-refractivity contribution in [3.63, 3.8) is 0 Å². The van der Waals surface area contributed by atoms with Crippen LogP contribution >= 0.6 is 15.9 Å². The van der Waals surface area contributed by atoms with Gasteiger partial charge in [-0.15, -0.1) is 0 Å². The van der Waals surface area contributed by atoms with Gasteiger partial charge in [-0.1, -0.05) is 6.07 Å². The van der Waals surface area contributed by atoms with Gasteiger partial charge in [0.25, 0.3) is 0 Å². The average Bonchev–Trinajstić information content (AvgIpc) is 3.10. The second kappa shape index (κ2) is 7.52. The second-order valence-electron chi connectivity index (χ2n) is 4.74. The molecule has 0 saturated carbocycles.